The molecule has 2 aromatic carbocycles. The molecular weight excluding hydrogens is 523 g/mol. The maximum Gasteiger partial charge on any atom is 0.259 e. The summed E-state index contributed by atoms with van der Waals surface area (Å²) in [7, 11) is -4.14. The van der Waals surface area contributed by atoms with Crippen molar-refractivity contribution in [3.8, 4) is 0 Å². The summed E-state index contributed by atoms with van der Waals surface area (Å²) in [6, 6.07) is 11.5. The Hall–Kier alpha value is -2.17. The minimum atomic E-state index is -4.14. The number of rotatable bonds is 7. The summed E-state index contributed by atoms with van der Waals surface area (Å²) in [5.41, 5.74) is 7.46. The van der Waals surface area contributed by atoms with Crippen LogP contribution in [0.15, 0.2) is 47.4 Å². The second kappa shape index (κ2) is 11.5. The van der Waals surface area contributed by atoms with Gasteiger partial charge in [0, 0.05) is 32.1 Å². The molecule has 0 aromatic heterocycles. The van der Waals surface area contributed by atoms with Crippen LogP contribution in [0.5, 0.6) is 0 Å². The molecule has 2 aliphatic rings. The highest BCUT2D eigenvalue weighted by Crippen LogP contribution is 2.32. The lowest BCUT2D eigenvalue weighted by Gasteiger charge is -2.32. The first kappa shape index (κ1) is 26.9. The second-order valence-electron chi connectivity index (χ2n) is 9.17. The predicted octanol–water partition coefficient (Wildman–Crippen LogP) is 3.51. The first-order valence-corrected chi connectivity index (χ1v) is 14.2. The van der Waals surface area contributed by atoms with Crippen LogP contribution in [0.1, 0.15) is 43.2 Å². The Balaban J connectivity index is 1.62. The summed E-state index contributed by atoms with van der Waals surface area (Å²) < 4.78 is 28.3. The fraction of sp³-hybridized carbons (Fsp3) is 0.440. The van der Waals surface area contributed by atoms with Crippen LogP contribution in [-0.4, -0.2) is 48.7 Å². The van der Waals surface area contributed by atoms with Gasteiger partial charge in [-0.05, 0) is 42.2 Å². The van der Waals surface area contributed by atoms with E-state index < -0.39 is 22.1 Å². The number of nitrogens with two attached hydrogens (primary N) is 1. The van der Waals surface area contributed by atoms with Gasteiger partial charge in [-0.1, -0.05) is 66.7 Å². The third-order valence-corrected chi connectivity index (χ3v) is 9.38. The first-order chi connectivity index (χ1) is 17.2. The second-order valence-corrected chi connectivity index (χ2v) is 11.9. The third kappa shape index (κ3) is 5.70. The van der Waals surface area contributed by atoms with Crippen LogP contribution in [-0.2, 0) is 32.7 Å². The molecule has 36 heavy (non-hydrogen) atoms. The molecule has 2 aromatic rings. The number of nitrogens with one attached hydrogen (secondary N) is 1. The number of carbonyl (C=O) groups excluding carboxylic acids is 2. The lowest BCUT2D eigenvalue weighted by atomic mass is 9.88. The fourth-order valence-electron chi connectivity index (χ4n) is 4.86. The summed E-state index contributed by atoms with van der Waals surface area (Å²) in [6.07, 6.45) is 3.17. The molecule has 4 rings (SSSR count). The van der Waals surface area contributed by atoms with Crippen molar-refractivity contribution in [2.45, 2.75) is 56.3 Å². The Bertz CT molecular complexity index is 1230. The van der Waals surface area contributed by atoms with Gasteiger partial charge < -0.3 is 16.0 Å². The highest BCUT2D eigenvalue weighted by Gasteiger charge is 2.47. The quantitative estimate of drug-likeness (QED) is 0.545. The van der Waals surface area contributed by atoms with Crippen LogP contribution < -0.4 is 11.1 Å². The molecule has 1 aliphatic carbocycles. The highest BCUT2D eigenvalue weighted by molar-refractivity contribution is 7.89. The molecule has 0 spiro atoms. The standard InChI is InChI=1S/C25H30Cl2N4O4S/c26-21-10-9-20(14-22(21)27)36(34,35)31-12-11-30(25(33)19-7-2-1-3-8-19)24(31)23(32)29-16-18-6-4-5-17(13-18)15-28/h4-6,9-10,13-14,19,24H,1-3,7-8,11-12,15-16,28H2,(H,29,32). The molecule has 8 nitrogen and oxygen atoms in total. The molecule has 194 valence electrons. The summed E-state index contributed by atoms with van der Waals surface area (Å²) in [6.45, 7) is 0.678. The normalized spacial score (nSPS) is 19.4. The van der Waals surface area contributed by atoms with Crippen LogP contribution in [0.3, 0.4) is 0 Å². The maximum absolute atomic E-state index is 13.6. The van der Waals surface area contributed by atoms with E-state index in [1.807, 2.05) is 24.3 Å². The summed E-state index contributed by atoms with van der Waals surface area (Å²) >= 11 is 12.1. The molecule has 1 heterocycles. The molecule has 0 bridgehead atoms. The number of hydrogen-bond donors (Lipinski definition) is 2. The molecule has 2 fully saturated rings. The number of nitrogens with zero attached hydrogens (tertiary/aromatic N) is 2. The zero-order valence-corrected chi connectivity index (χ0v) is 22.2. The van der Waals surface area contributed by atoms with Gasteiger partial charge in [0.2, 0.25) is 15.9 Å². The number of amides is 2. The number of halogens is 2. The van der Waals surface area contributed by atoms with E-state index >= 15 is 0 Å². The van der Waals surface area contributed by atoms with E-state index in [1.54, 1.807) is 0 Å². The minimum absolute atomic E-state index is 0.00177. The molecule has 11 heteroatoms. The first-order valence-electron chi connectivity index (χ1n) is 12.1. The van der Waals surface area contributed by atoms with E-state index in [2.05, 4.69) is 5.32 Å². The zero-order valence-electron chi connectivity index (χ0n) is 19.8. The van der Waals surface area contributed by atoms with Crippen molar-refractivity contribution in [1.29, 1.82) is 0 Å². The Morgan fingerprint density at radius 2 is 1.69 bits per heavy atom. The van der Waals surface area contributed by atoms with E-state index in [0.717, 1.165) is 47.5 Å². The van der Waals surface area contributed by atoms with E-state index in [1.165, 1.54) is 23.1 Å². The lowest BCUT2D eigenvalue weighted by molar-refractivity contribution is -0.144. The molecule has 3 N–H and O–H groups in total. The number of benzene rings is 2. The number of sulfonamides is 1. The largest absolute Gasteiger partial charge is 0.349 e. The van der Waals surface area contributed by atoms with Crippen LogP contribution >= 0.6 is 23.2 Å². The van der Waals surface area contributed by atoms with Crippen LogP contribution in [0, 0.1) is 5.92 Å². The molecule has 1 saturated carbocycles. The lowest BCUT2D eigenvalue weighted by Crippen LogP contribution is -2.54. The van der Waals surface area contributed by atoms with Gasteiger partial charge in [0.25, 0.3) is 5.91 Å². The predicted molar refractivity (Wildman–Crippen MR) is 139 cm³/mol. The van der Waals surface area contributed by atoms with Crippen molar-refractivity contribution in [2.24, 2.45) is 11.7 Å². The molecule has 1 aliphatic heterocycles. The topological polar surface area (TPSA) is 113 Å². The smallest absolute Gasteiger partial charge is 0.259 e. The van der Waals surface area contributed by atoms with Crippen LogP contribution in [0.2, 0.25) is 10.0 Å². The van der Waals surface area contributed by atoms with Gasteiger partial charge >= 0.3 is 0 Å². The highest BCUT2D eigenvalue weighted by atomic mass is 35.5. The summed E-state index contributed by atoms with van der Waals surface area (Å²) in [4.78, 5) is 28.3. The molecule has 1 unspecified atom stereocenters. The maximum atomic E-state index is 13.6. The Kier molecular flexibility index (Phi) is 8.57. The van der Waals surface area contributed by atoms with Gasteiger partial charge in [-0.3, -0.25) is 9.59 Å². The molecule has 1 atom stereocenters. The van der Waals surface area contributed by atoms with E-state index in [9.17, 15) is 18.0 Å². The number of carbonyl (C=O) groups is 2. The van der Waals surface area contributed by atoms with Gasteiger partial charge in [0.05, 0.1) is 14.9 Å². The van der Waals surface area contributed by atoms with Gasteiger partial charge in [0.1, 0.15) is 0 Å². The number of hydrogen-bond acceptors (Lipinski definition) is 5. The van der Waals surface area contributed by atoms with Crippen molar-refractivity contribution >= 4 is 45.0 Å². The van der Waals surface area contributed by atoms with Gasteiger partial charge in [-0.15, -0.1) is 0 Å². The molecule has 2 amide bonds. The van der Waals surface area contributed by atoms with Gasteiger partial charge in [0.15, 0.2) is 6.17 Å². The van der Waals surface area contributed by atoms with Crippen molar-refractivity contribution in [3.63, 3.8) is 0 Å². The SMILES string of the molecule is NCc1cccc(CNC(=O)C2N(C(=O)C3CCCCC3)CCN2S(=O)(=O)c2ccc(Cl)c(Cl)c2)c1. The fourth-order valence-corrected chi connectivity index (χ4v) is 6.80. The average Bonchev–Trinajstić information content (AvgIpc) is 3.35. The van der Waals surface area contributed by atoms with E-state index in [4.69, 9.17) is 28.9 Å². The third-order valence-electron chi connectivity index (χ3n) is 6.79. The molecule has 0 radical (unpaired) electrons. The van der Waals surface area contributed by atoms with Crippen molar-refractivity contribution < 1.29 is 18.0 Å². The van der Waals surface area contributed by atoms with Gasteiger partial charge in [-0.25, -0.2) is 8.42 Å². The molecular formula is C25H30Cl2N4O4S. The Labute approximate surface area is 221 Å². The Morgan fingerprint density at radius 3 is 2.39 bits per heavy atom. The van der Waals surface area contributed by atoms with Gasteiger partial charge in [-0.2, -0.15) is 4.31 Å². The minimum Gasteiger partial charge on any atom is -0.349 e. The Morgan fingerprint density at radius 1 is 0.972 bits per heavy atom. The zero-order chi connectivity index (χ0) is 25.9. The van der Waals surface area contributed by atoms with Crippen molar-refractivity contribution in [2.75, 3.05) is 13.1 Å². The average molecular weight is 554 g/mol. The molecule has 1 saturated heterocycles. The van der Waals surface area contributed by atoms with E-state index in [-0.39, 0.29) is 46.4 Å². The van der Waals surface area contributed by atoms with Crippen molar-refractivity contribution in [1.82, 2.24) is 14.5 Å². The monoisotopic (exact) mass is 552 g/mol. The summed E-state index contributed by atoms with van der Waals surface area (Å²) in [5, 5.41) is 3.14. The van der Waals surface area contributed by atoms with Crippen LogP contribution in [0.25, 0.3) is 0 Å². The summed E-state index contributed by atoms with van der Waals surface area (Å²) in [5.74, 6) is -0.937. The van der Waals surface area contributed by atoms with E-state index in [0.29, 0.717) is 6.54 Å². The van der Waals surface area contributed by atoms with Crippen LogP contribution in [0.4, 0.5) is 0 Å². The van der Waals surface area contributed by atoms with Crippen molar-refractivity contribution in [3.05, 3.63) is 63.6 Å².